The SMILES string of the molecule is C[C@@H](NCc1cscn1)C1CCCCC1. The molecule has 0 radical (unpaired) electrons. The van der Waals surface area contributed by atoms with Crippen LogP contribution in [0.15, 0.2) is 10.9 Å². The molecule has 0 saturated heterocycles. The lowest BCUT2D eigenvalue weighted by Crippen LogP contribution is -2.34. The fraction of sp³-hybridized carbons (Fsp3) is 0.750. The molecule has 0 amide bonds. The molecule has 84 valence electrons. The first-order valence-electron chi connectivity index (χ1n) is 5.96. The van der Waals surface area contributed by atoms with E-state index in [1.807, 2.05) is 5.51 Å². The summed E-state index contributed by atoms with van der Waals surface area (Å²) in [7, 11) is 0. The molecular weight excluding hydrogens is 204 g/mol. The Bertz CT molecular complexity index is 265. The van der Waals surface area contributed by atoms with Crippen LogP contribution in [-0.4, -0.2) is 11.0 Å². The number of hydrogen-bond acceptors (Lipinski definition) is 3. The van der Waals surface area contributed by atoms with Gasteiger partial charge in [-0.2, -0.15) is 0 Å². The van der Waals surface area contributed by atoms with Crippen molar-refractivity contribution in [2.75, 3.05) is 0 Å². The fourth-order valence-electron chi connectivity index (χ4n) is 2.39. The van der Waals surface area contributed by atoms with Crippen LogP contribution in [0.4, 0.5) is 0 Å². The van der Waals surface area contributed by atoms with Crippen molar-refractivity contribution in [3.05, 3.63) is 16.6 Å². The fourth-order valence-corrected chi connectivity index (χ4v) is 2.95. The highest BCUT2D eigenvalue weighted by molar-refractivity contribution is 7.07. The normalized spacial score (nSPS) is 20.3. The van der Waals surface area contributed by atoms with Crippen molar-refractivity contribution in [3.63, 3.8) is 0 Å². The van der Waals surface area contributed by atoms with E-state index in [2.05, 4.69) is 22.6 Å². The summed E-state index contributed by atoms with van der Waals surface area (Å²) in [6, 6.07) is 0.645. The van der Waals surface area contributed by atoms with Crippen molar-refractivity contribution in [3.8, 4) is 0 Å². The Morgan fingerprint density at radius 3 is 2.93 bits per heavy atom. The third-order valence-electron chi connectivity index (χ3n) is 3.45. The van der Waals surface area contributed by atoms with Gasteiger partial charge < -0.3 is 5.32 Å². The van der Waals surface area contributed by atoms with E-state index in [1.165, 1.54) is 37.8 Å². The van der Waals surface area contributed by atoms with Gasteiger partial charge in [0.05, 0.1) is 11.2 Å². The van der Waals surface area contributed by atoms with Gasteiger partial charge in [-0.25, -0.2) is 4.98 Å². The number of nitrogens with zero attached hydrogens (tertiary/aromatic N) is 1. The average molecular weight is 224 g/mol. The lowest BCUT2D eigenvalue weighted by molar-refractivity contribution is 0.280. The topological polar surface area (TPSA) is 24.9 Å². The van der Waals surface area contributed by atoms with Gasteiger partial charge in [0, 0.05) is 18.0 Å². The third kappa shape index (κ3) is 3.28. The van der Waals surface area contributed by atoms with Gasteiger partial charge in [-0.1, -0.05) is 19.3 Å². The molecule has 15 heavy (non-hydrogen) atoms. The molecule has 1 N–H and O–H groups in total. The van der Waals surface area contributed by atoms with Crippen molar-refractivity contribution in [2.45, 2.75) is 51.6 Å². The summed E-state index contributed by atoms with van der Waals surface area (Å²) in [5.74, 6) is 0.886. The highest BCUT2D eigenvalue weighted by atomic mass is 32.1. The van der Waals surface area contributed by atoms with Crippen LogP contribution >= 0.6 is 11.3 Å². The van der Waals surface area contributed by atoms with Crippen LogP contribution in [0.5, 0.6) is 0 Å². The van der Waals surface area contributed by atoms with Crippen LogP contribution in [0.3, 0.4) is 0 Å². The highest BCUT2D eigenvalue weighted by Gasteiger charge is 2.19. The summed E-state index contributed by atoms with van der Waals surface area (Å²) in [4.78, 5) is 4.29. The summed E-state index contributed by atoms with van der Waals surface area (Å²) < 4.78 is 0. The second-order valence-corrected chi connectivity index (χ2v) is 5.27. The smallest absolute Gasteiger partial charge is 0.0795 e. The van der Waals surface area contributed by atoms with Crippen molar-refractivity contribution in [1.82, 2.24) is 10.3 Å². The van der Waals surface area contributed by atoms with Gasteiger partial charge in [0.2, 0.25) is 0 Å². The van der Waals surface area contributed by atoms with Crippen molar-refractivity contribution < 1.29 is 0 Å². The summed E-state index contributed by atoms with van der Waals surface area (Å²) in [5, 5.41) is 5.72. The Labute approximate surface area is 96.1 Å². The van der Waals surface area contributed by atoms with E-state index >= 15 is 0 Å². The second-order valence-electron chi connectivity index (χ2n) is 4.55. The maximum absolute atomic E-state index is 4.29. The Morgan fingerprint density at radius 2 is 2.27 bits per heavy atom. The Balaban J connectivity index is 1.74. The van der Waals surface area contributed by atoms with E-state index in [0.29, 0.717) is 6.04 Å². The first-order valence-corrected chi connectivity index (χ1v) is 6.91. The maximum atomic E-state index is 4.29. The zero-order valence-electron chi connectivity index (χ0n) is 9.41. The lowest BCUT2D eigenvalue weighted by Gasteiger charge is -2.28. The van der Waals surface area contributed by atoms with Gasteiger partial charge >= 0.3 is 0 Å². The molecule has 0 aliphatic heterocycles. The molecule has 1 fully saturated rings. The minimum absolute atomic E-state index is 0.645. The predicted octanol–water partition coefficient (Wildman–Crippen LogP) is 3.20. The molecule has 1 aromatic heterocycles. The van der Waals surface area contributed by atoms with Crippen LogP contribution < -0.4 is 5.32 Å². The zero-order chi connectivity index (χ0) is 10.5. The monoisotopic (exact) mass is 224 g/mol. The van der Waals surface area contributed by atoms with Crippen molar-refractivity contribution in [2.24, 2.45) is 5.92 Å². The van der Waals surface area contributed by atoms with Gasteiger partial charge in [0.1, 0.15) is 0 Å². The molecule has 0 aromatic carbocycles. The van der Waals surface area contributed by atoms with Crippen molar-refractivity contribution in [1.29, 1.82) is 0 Å². The molecule has 2 rings (SSSR count). The Kier molecular flexibility index (Phi) is 4.15. The Hall–Kier alpha value is -0.410. The molecule has 1 heterocycles. The quantitative estimate of drug-likeness (QED) is 0.849. The molecule has 0 unspecified atom stereocenters. The van der Waals surface area contributed by atoms with Gasteiger partial charge in [0.25, 0.3) is 0 Å². The number of thiazole rings is 1. The summed E-state index contributed by atoms with van der Waals surface area (Å²) in [5.41, 5.74) is 3.09. The van der Waals surface area contributed by atoms with Crippen LogP contribution in [-0.2, 0) is 6.54 Å². The average Bonchev–Trinajstić information content (AvgIpc) is 2.80. The van der Waals surface area contributed by atoms with E-state index < -0.39 is 0 Å². The first kappa shape index (κ1) is 11.1. The second kappa shape index (κ2) is 5.61. The molecular formula is C12H20N2S. The van der Waals surface area contributed by atoms with Gasteiger partial charge in [-0.15, -0.1) is 11.3 Å². The Morgan fingerprint density at radius 1 is 1.47 bits per heavy atom. The minimum atomic E-state index is 0.645. The zero-order valence-corrected chi connectivity index (χ0v) is 10.2. The number of aromatic nitrogens is 1. The molecule has 0 bridgehead atoms. The van der Waals surface area contributed by atoms with E-state index in [4.69, 9.17) is 0 Å². The van der Waals surface area contributed by atoms with Crippen LogP contribution in [0.2, 0.25) is 0 Å². The predicted molar refractivity (Wildman–Crippen MR) is 65.0 cm³/mol. The standard InChI is InChI=1S/C12H20N2S/c1-10(11-5-3-2-4-6-11)13-7-12-8-15-9-14-12/h8-11,13H,2-7H2,1H3/t10-/m1/s1. The summed E-state index contributed by atoms with van der Waals surface area (Å²) in [6.45, 7) is 3.25. The van der Waals surface area contributed by atoms with Crippen LogP contribution in [0.25, 0.3) is 0 Å². The van der Waals surface area contributed by atoms with E-state index in [0.717, 1.165) is 12.5 Å². The summed E-state index contributed by atoms with van der Waals surface area (Å²) in [6.07, 6.45) is 7.10. The van der Waals surface area contributed by atoms with E-state index in [9.17, 15) is 0 Å². The first-order chi connectivity index (χ1) is 7.36. The van der Waals surface area contributed by atoms with Crippen molar-refractivity contribution >= 4 is 11.3 Å². The molecule has 2 nitrogen and oxygen atoms in total. The number of rotatable bonds is 4. The molecule has 1 aliphatic carbocycles. The van der Waals surface area contributed by atoms with E-state index in [-0.39, 0.29) is 0 Å². The molecule has 3 heteroatoms. The van der Waals surface area contributed by atoms with Gasteiger partial charge in [0.15, 0.2) is 0 Å². The molecule has 1 atom stereocenters. The van der Waals surface area contributed by atoms with Gasteiger partial charge in [-0.3, -0.25) is 0 Å². The van der Waals surface area contributed by atoms with Crippen LogP contribution in [0.1, 0.15) is 44.7 Å². The number of hydrogen-bond donors (Lipinski definition) is 1. The maximum Gasteiger partial charge on any atom is 0.0795 e. The number of nitrogens with one attached hydrogen (secondary N) is 1. The van der Waals surface area contributed by atoms with Gasteiger partial charge in [-0.05, 0) is 25.7 Å². The molecule has 0 spiro atoms. The summed E-state index contributed by atoms with van der Waals surface area (Å²) >= 11 is 1.68. The minimum Gasteiger partial charge on any atom is -0.308 e. The largest absolute Gasteiger partial charge is 0.308 e. The van der Waals surface area contributed by atoms with Crippen LogP contribution in [0, 0.1) is 5.92 Å². The van der Waals surface area contributed by atoms with E-state index in [1.54, 1.807) is 11.3 Å². The highest BCUT2D eigenvalue weighted by Crippen LogP contribution is 2.26. The lowest BCUT2D eigenvalue weighted by atomic mass is 9.84. The molecule has 1 aromatic rings. The molecule has 1 aliphatic rings. The molecule has 1 saturated carbocycles. The third-order valence-corrected chi connectivity index (χ3v) is 4.08.